The zero-order valence-corrected chi connectivity index (χ0v) is 58.4. The van der Waals surface area contributed by atoms with Gasteiger partial charge in [0.1, 0.15) is 36.1 Å². The summed E-state index contributed by atoms with van der Waals surface area (Å²) in [5.74, 6) is -5.85. The molecule has 2 bridgehead atoms. The lowest BCUT2D eigenvalue weighted by molar-refractivity contribution is -0.346. The molecule has 0 aromatic heterocycles. The van der Waals surface area contributed by atoms with Crippen LogP contribution in [0.5, 0.6) is 0 Å². The number of hydrogen-bond donors (Lipinski definition) is 4. The highest BCUT2D eigenvalue weighted by molar-refractivity contribution is 5.97. The predicted molar refractivity (Wildman–Crippen MR) is 364 cm³/mol. The summed E-state index contributed by atoms with van der Waals surface area (Å²) in [4.78, 5) is 116. The van der Waals surface area contributed by atoms with Crippen LogP contribution in [0.25, 0.3) is 0 Å². The summed E-state index contributed by atoms with van der Waals surface area (Å²) in [6, 6.07) is 22.7. The Morgan fingerprint density at radius 1 is 0.768 bits per heavy atom. The Labute approximate surface area is 580 Å². The van der Waals surface area contributed by atoms with Crippen molar-refractivity contribution in [2.24, 2.45) is 51.8 Å². The minimum Gasteiger partial charge on any atom is -0.462 e. The van der Waals surface area contributed by atoms with Gasteiger partial charge in [-0.3, -0.25) is 28.8 Å². The molecule has 3 aromatic rings. The summed E-state index contributed by atoms with van der Waals surface area (Å²) in [5.41, 5.74) is -4.91. The minimum atomic E-state index is -2.54. The third-order valence-electron chi connectivity index (χ3n) is 23.8. The van der Waals surface area contributed by atoms with Crippen LogP contribution in [-0.4, -0.2) is 129 Å². The second-order valence-corrected chi connectivity index (χ2v) is 30.2. The van der Waals surface area contributed by atoms with E-state index in [1.807, 2.05) is 0 Å². The standard InChI is InChI=1S/C80H97NO18/c1-45(51-33-34-51)31-32-46(2)58-37-38-59-52(28-21-39-77(58,59)9)35-36-56-40-57(41-60(84)47(56)3)95-64(85)29-20-30-65(86)97-62-42-63-79(44-93-63,99-50(6)83)70-72(98-74(90)55-26-18-13-19-27-55)80(92)43-61(48(4)66(76(80,7)8)69(94-49(5)82)71(88)78(62,70)10)96-75(91)68(87)67(53-22-14-11-15-23-53)81-73(89)54-24-16-12-17-25-54/h11-19,22-27,31-32,35-36,45-46,51,57-63,67-70,72,84,87,92H,3,20-21,28-30,33-34,37-44H2,1-2,4-10H3,(H,81,89)/b32-31+,52-35+,56-36-/t45?,46-,57+,58?,59?,60-,61?,62?,63?,67?,68?,69?,70?,72?,77+,78?,79?,80?/m0/s1. The van der Waals surface area contributed by atoms with Crippen molar-refractivity contribution in [3.05, 3.63) is 166 Å². The number of carbonyl (C=O) groups excluding carboxylic acids is 8. The van der Waals surface area contributed by atoms with Crippen molar-refractivity contribution in [1.82, 2.24) is 5.32 Å². The molecule has 0 radical (unpaired) electrons. The van der Waals surface area contributed by atoms with Crippen LogP contribution in [0.1, 0.15) is 185 Å². The Hall–Kier alpha value is -7.84. The molecule has 1 saturated heterocycles. The lowest BCUT2D eigenvalue weighted by Gasteiger charge is -2.67. The average molecular weight is 1360 g/mol. The smallest absolute Gasteiger partial charge is 0.338 e. The number of hydrogen-bond acceptors (Lipinski definition) is 18. The lowest BCUT2D eigenvalue weighted by Crippen LogP contribution is -2.82. The van der Waals surface area contributed by atoms with E-state index >= 15 is 4.79 Å². The van der Waals surface area contributed by atoms with E-state index in [9.17, 15) is 48.9 Å². The average Bonchev–Trinajstić information content (AvgIpc) is 1.18. The van der Waals surface area contributed by atoms with Gasteiger partial charge in [0.25, 0.3) is 5.91 Å². The van der Waals surface area contributed by atoms with Crippen molar-refractivity contribution in [3.8, 4) is 0 Å². The van der Waals surface area contributed by atoms with Crippen molar-refractivity contribution in [2.75, 3.05) is 6.61 Å². The number of Topliss-reactive ketones (excluding diaryl/α,β-unsaturated/α-hetero) is 1. The number of carbonyl (C=O) groups is 8. The number of allylic oxidation sites excluding steroid dienone is 5. The second kappa shape index (κ2) is 29.0. The van der Waals surface area contributed by atoms with Gasteiger partial charge in [0.05, 0.1) is 35.6 Å². The van der Waals surface area contributed by atoms with Crippen LogP contribution < -0.4 is 5.32 Å². The van der Waals surface area contributed by atoms with Crippen molar-refractivity contribution < 1.29 is 86.8 Å². The molecule has 99 heavy (non-hydrogen) atoms. The zero-order valence-electron chi connectivity index (χ0n) is 58.4. The minimum absolute atomic E-state index is 0.0104. The van der Waals surface area contributed by atoms with Gasteiger partial charge in [-0.2, -0.15) is 0 Å². The van der Waals surface area contributed by atoms with Gasteiger partial charge in [0.15, 0.2) is 23.6 Å². The fourth-order valence-corrected chi connectivity index (χ4v) is 18.1. The van der Waals surface area contributed by atoms with Crippen LogP contribution in [0.4, 0.5) is 0 Å². The van der Waals surface area contributed by atoms with Crippen LogP contribution in [0, 0.1) is 51.8 Å². The molecule has 1 heterocycles. The number of ketones is 1. The summed E-state index contributed by atoms with van der Waals surface area (Å²) in [5, 5.41) is 40.4. The van der Waals surface area contributed by atoms with Crippen LogP contribution in [0.3, 0.4) is 0 Å². The van der Waals surface area contributed by atoms with E-state index in [0.717, 1.165) is 44.6 Å². The molecule has 11 rings (SSSR count). The van der Waals surface area contributed by atoms with E-state index < -0.39 is 143 Å². The molecule has 19 nitrogen and oxygen atoms in total. The zero-order chi connectivity index (χ0) is 71.1. The molecule has 18 atom stereocenters. The number of benzene rings is 3. The van der Waals surface area contributed by atoms with Gasteiger partial charge >= 0.3 is 35.8 Å². The molecule has 0 spiro atoms. The van der Waals surface area contributed by atoms with E-state index in [1.165, 1.54) is 57.2 Å². The molecule has 19 heteroatoms. The van der Waals surface area contributed by atoms with Crippen LogP contribution in [0.15, 0.2) is 150 Å². The first-order valence-corrected chi connectivity index (χ1v) is 35.4. The van der Waals surface area contributed by atoms with Gasteiger partial charge in [-0.1, -0.05) is 138 Å². The summed E-state index contributed by atoms with van der Waals surface area (Å²) in [7, 11) is 0. The van der Waals surface area contributed by atoms with Crippen molar-refractivity contribution in [2.45, 2.75) is 218 Å². The van der Waals surface area contributed by atoms with Gasteiger partial charge in [0, 0.05) is 63.4 Å². The molecule has 8 aliphatic rings. The number of rotatable bonds is 21. The molecule has 6 saturated carbocycles. The maximum atomic E-state index is 16.6. The fourth-order valence-electron chi connectivity index (χ4n) is 18.1. The number of nitrogens with one attached hydrogen (secondary N) is 1. The van der Waals surface area contributed by atoms with Crippen molar-refractivity contribution in [1.29, 1.82) is 0 Å². The SMILES string of the molecule is C=C1/C(=C\C=C2/CCC[C@@]3(C)C2CCC3[C@@H](C)/C=C/C(C)C2CC2)C[C@@H](OC(=O)CCCC(=O)OC2CC3OCC3(OC(C)=O)C3C(OC(=O)c4ccccc4)C4(O)CC(OC(=O)C(O)C(NC(=O)c5ccccc5)c5ccccc5)C(C)=C(C(OC(C)=O)C(=O)C23C)C4(C)C)C[C@@H]1O. The molecule has 1 amide bonds. The maximum absolute atomic E-state index is 16.6. The van der Waals surface area contributed by atoms with E-state index in [0.29, 0.717) is 41.2 Å². The first-order chi connectivity index (χ1) is 47.0. The number of fused-ring (bicyclic) bond motifs is 6. The molecule has 7 aliphatic carbocycles. The number of esters is 6. The van der Waals surface area contributed by atoms with Crippen LogP contribution in [-0.2, 0) is 61.9 Å². The number of ether oxygens (including phenoxy) is 7. The highest BCUT2D eigenvalue weighted by Gasteiger charge is 2.79. The number of amides is 1. The largest absolute Gasteiger partial charge is 0.462 e. The summed E-state index contributed by atoms with van der Waals surface area (Å²) in [6.45, 7) is 19.3. The normalized spacial score (nSPS) is 33.6. The fraction of sp³-hybridized carbons (Fsp3) is 0.550. The van der Waals surface area contributed by atoms with Gasteiger partial charge in [-0.25, -0.2) is 9.59 Å². The Morgan fingerprint density at radius 3 is 2.03 bits per heavy atom. The molecule has 3 aromatic carbocycles. The van der Waals surface area contributed by atoms with E-state index in [-0.39, 0.29) is 59.8 Å². The number of aliphatic hydroxyl groups excluding tert-OH is 2. The van der Waals surface area contributed by atoms with Gasteiger partial charge in [-0.15, -0.1) is 0 Å². The quantitative estimate of drug-likeness (QED) is 0.0438. The number of aliphatic hydroxyl groups is 3. The van der Waals surface area contributed by atoms with Crippen molar-refractivity contribution in [3.63, 3.8) is 0 Å². The topological polar surface area (TPSA) is 274 Å². The summed E-state index contributed by atoms with van der Waals surface area (Å²) < 4.78 is 43.9. The second-order valence-electron chi connectivity index (χ2n) is 30.2. The Bertz CT molecular complexity index is 3720. The highest BCUT2D eigenvalue weighted by Crippen LogP contribution is 2.66. The van der Waals surface area contributed by atoms with Gasteiger partial charge in [0.2, 0.25) is 0 Å². The van der Waals surface area contributed by atoms with Crippen molar-refractivity contribution >= 4 is 47.5 Å². The molecular weight excluding hydrogens is 1260 g/mol. The van der Waals surface area contributed by atoms with E-state index in [4.69, 9.17) is 33.2 Å². The molecule has 7 fully saturated rings. The third-order valence-corrected chi connectivity index (χ3v) is 23.8. The van der Waals surface area contributed by atoms with Gasteiger partial charge in [-0.05, 0) is 152 Å². The Kier molecular flexibility index (Phi) is 21.2. The molecule has 1 aliphatic heterocycles. The Balaban J connectivity index is 0.857. The first-order valence-electron chi connectivity index (χ1n) is 35.4. The summed E-state index contributed by atoms with van der Waals surface area (Å²) in [6.07, 6.45) is 4.32. The Morgan fingerprint density at radius 2 is 1.40 bits per heavy atom. The van der Waals surface area contributed by atoms with Gasteiger partial charge < -0.3 is 53.8 Å². The highest BCUT2D eigenvalue weighted by atomic mass is 16.6. The van der Waals surface area contributed by atoms with E-state index in [2.05, 4.69) is 57.0 Å². The molecular formula is C80H97NO18. The van der Waals surface area contributed by atoms with Crippen LogP contribution >= 0.6 is 0 Å². The summed E-state index contributed by atoms with van der Waals surface area (Å²) >= 11 is 0. The van der Waals surface area contributed by atoms with E-state index in [1.54, 1.807) is 92.7 Å². The molecule has 530 valence electrons. The monoisotopic (exact) mass is 1360 g/mol. The molecule has 4 N–H and O–H groups in total. The third kappa shape index (κ3) is 14.2. The molecule has 14 unspecified atom stereocenters. The predicted octanol–water partition coefficient (Wildman–Crippen LogP) is 11.4. The lowest BCUT2D eigenvalue weighted by atomic mass is 9.44. The first kappa shape index (κ1) is 72.4. The maximum Gasteiger partial charge on any atom is 0.338 e. The van der Waals surface area contributed by atoms with Crippen LogP contribution in [0.2, 0.25) is 0 Å².